The van der Waals surface area contributed by atoms with Crippen LogP contribution in [-0.4, -0.2) is 48.7 Å². The topological polar surface area (TPSA) is 132 Å². The molecule has 468 valence electrons. The molecule has 0 aromatic carbocycles. The molecule has 0 aromatic heterocycles. The minimum atomic E-state index is -1.43. The minimum absolute atomic E-state index is 0.0910. The lowest BCUT2D eigenvalue weighted by Crippen LogP contribution is -2.38. The van der Waals surface area contributed by atoms with E-state index in [4.69, 9.17) is 23.7 Å². The summed E-state index contributed by atoms with van der Waals surface area (Å²) in [7, 11) is 0. The van der Waals surface area contributed by atoms with E-state index in [-0.39, 0.29) is 31.4 Å². The second kappa shape index (κ2) is 57.9. The molecule has 2 atom stereocenters. The first-order valence-corrected chi connectivity index (χ1v) is 35.0. The monoisotopic (exact) mass is 1130 g/mol. The Labute approximate surface area is 493 Å². The Hall–Kier alpha value is -2.91. The second-order valence-electron chi connectivity index (χ2n) is 24.1. The van der Waals surface area contributed by atoms with Gasteiger partial charge in [0.2, 0.25) is 11.9 Å². The average molecular weight is 1130 g/mol. The molecule has 0 spiro atoms. The van der Waals surface area contributed by atoms with Gasteiger partial charge in [-0.1, -0.05) is 336 Å². The molecular formula is C70H128O10. The van der Waals surface area contributed by atoms with E-state index in [2.05, 4.69) is 27.7 Å². The number of esters is 5. The molecule has 80 heavy (non-hydrogen) atoms. The fourth-order valence-electron chi connectivity index (χ4n) is 11.0. The normalized spacial score (nSPS) is 13.7. The van der Waals surface area contributed by atoms with E-state index in [9.17, 15) is 24.0 Å². The van der Waals surface area contributed by atoms with Crippen molar-refractivity contribution in [3.63, 3.8) is 0 Å². The van der Waals surface area contributed by atoms with Gasteiger partial charge in [0.05, 0.1) is 0 Å². The zero-order chi connectivity index (χ0) is 58.0. The van der Waals surface area contributed by atoms with Gasteiger partial charge in [-0.3, -0.25) is 19.2 Å². The first kappa shape index (κ1) is 75.1. The van der Waals surface area contributed by atoms with E-state index in [1.807, 2.05) is 0 Å². The van der Waals surface area contributed by atoms with E-state index < -0.39 is 54.4 Å². The molecule has 0 saturated heterocycles. The molecular weight excluding hydrogens is 1000 g/mol. The van der Waals surface area contributed by atoms with Crippen LogP contribution in [0.5, 0.6) is 0 Å². The molecule has 10 nitrogen and oxygen atoms in total. The summed E-state index contributed by atoms with van der Waals surface area (Å²) in [6.45, 7) is 8.60. The number of rotatable bonds is 62. The van der Waals surface area contributed by atoms with Crippen LogP contribution < -0.4 is 0 Å². The van der Waals surface area contributed by atoms with Crippen LogP contribution in [0, 0.1) is 0 Å². The van der Waals surface area contributed by atoms with Crippen LogP contribution in [0.15, 0.2) is 11.5 Å². The highest BCUT2D eigenvalue weighted by Gasteiger charge is 2.46. The third kappa shape index (κ3) is 46.6. The number of carbonyl (C=O) groups is 5. The number of hydrogen-bond donors (Lipinski definition) is 0. The molecule has 0 fully saturated rings. The van der Waals surface area contributed by atoms with E-state index in [0.29, 0.717) is 25.7 Å². The molecule has 0 N–H and O–H groups in total. The van der Waals surface area contributed by atoms with Gasteiger partial charge in [-0.15, -0.1) is 0 Å². The third-order valence-electron chi connectivity index (χ3n) is 16.3. The van der Waals surface area contributed by atoms with Gasteiger partial charge >= 0.3 is 29.8 Å². The highest BCUT2D eigenvalue weighted by molar-refractivity contribution is 5.93. The standard InChI is InChI=1S/C70H128O10/c1-5-9-13-17-21-25-29-33-37-41-45-49-53-57-63(71)76-61-62(77-64(72)58-54-50-46-42-38-34-30-26-22-18-14-10-6-2)67-68(78-65(73)59-55-51-47-43-39-35-31-27-23-19-15-11-7-3)69(70(75)80-67)79-66(74)60-56-52-48-44-40-36-32-28-24-20-16-12-8-4/h62,67H,5-61H2,1-4H3/t62-,67+/m0/s1. The van der Waals surface area contributed by atoms with Crippen molar-refractivity contribution in [2.45, 2.75) is 399 Å². The van der Waals surface area contributed by atoms with Crippen molar-refractivity contribution in [3.05, 3.63) is 11.5 Å². The first-order chi connectivity index (χ1) is 39.3. The molecule has 10 heteroatoms. The number of ether oxygens (including phenoxy) is 5. The molecule has 1 aliphatic heterocycles. The van der Waals surface area contributed by atoms with Crippen LogP contribution in [0.4, 0.5) is 0 Å². The Morgan fingerprint density at radius 1 is 0.325 bits per heavy atom. The van der Waals surface area contributed by atoms with Gasteiger partial charge in [0.1, 0.15) is 6.61 Å². The molecule has 1 rings (SSSR count). The van der Waals surface area contributed by atoms with Crippen LogP contribution in [0.2, 0.25) is 0 Å². The zero-order valence-electron chi connectivity index (χ0n) is 53.0. The fraction of sp³-hybridized carbons (Fsp3) is 0.900. The fourth-order valence-corrected chi connectivity index (χ4v) is 11.0. The van der Waals surface area contributed by atoms with Crippen LogP contribution >= 0.6 is 0 Å². The molecule has 0 aromatic rings. The van der Waals surface area contributed by atoms with Crippen LogP contribution in [0.3, 0.4) is 0 Å². The lowest BCUT2D eigenvalue weighted by Gasteiger charge is -2.24. The van der Waals surface area contributed by atoms with E-state index in [1.165, 1.54) is 231 Å². The maximum atomic E-state index is 13.7. The predicted octanol–water partition coefficient (Wildman–Crippen LogP) is 21.6. The van der Waals surface area contributed by atoms with Crippen LogP contribution in [-0.2, 0) is 47.7 Å². The van der Waals surface area contributed by atoms with Gasteiger partial charge in [0.15, 0.2) is 6.10 Å². The first-order valence-electron chi connectivity index (χ1n) is 35.0. The molecule has 0 aliphatic carbocycles. The molecule has 1 aliphatic rings. The summed E-state index contributed by atoms with van der Waals surface area (Å²) >= 11 is 0. The maximum absolute atomic E-state index is 13.7. The zero-order valence-corrected chi connectivity index (χ0v) is 53.0. The molecule has 1 heterocycles. The van der Waals surface area contributed by atoms with Gasteiger partial charge < -0.3 is 23.7 Å². The maximum Gasteiger partial charge on any atom is 0.379 e. The van der Waals surface area contributed by atoms with E-state index >= 15 is 0 Å². The lowest BCUT2D eigenvalue weighted by molar-refractivity contribution is -0.172. The Kier molecular flexibility index (Phi) is 54.3. The number of carbonyl (C=O) groups excluding carboxylic acids is 5. The van der Waals surface area contributed by atoms with Crippen molar-refractivity contribution >= 4 is 29.8 Å². The van der Waals surface area contributed by atoms with Crippen molar-refractivity contribution in [3.8, 4) is 0 Å². The molecule has 0 saturated carbocycles. The summed E-state index contributed by atoms with van der Waals surface area (Å²) in [5.41, 5.74) is 0. The van der Waals surface area contributed by atoms with Crippen LogP contribution in [0.25, 0.3) is 0 Å². The SMILES string of the molecule is CCCCCCCCCCCCCCCC(=O)OC[C@H](OC(=O)CCCCCCCCCCCCCCC)[C@H]1OC(=O)C(OC(=O)CCCCCCCCCCCCCCC)=C1OC(=O)CCCCCCCCCCCCCCC. The summed E-state index contributed by atoms with van der Waals surface area (Å²) in [5, 5.41) is 0. The largest absolute Gasteiger partial charge is 0.462 e. The van der Waals surface area contributed by atoms with Crippen molar-refractivity contribution in [1.82, 2.24) is 0 Å². The molecule has 0 bridgehead atoms. The summed E-state index contributed by atoms with van der Waals surface area (Å²) < 4.78 is 29.2. The van der Waals surface area contributed by atoms with Crippen molar-refractivity contribution in [1.29, 1.82) is 0 Å². The number of hydrogen-bond acceptors (Lipinski definition) is 10. The quantitative estimate of drug-likeness (QED) is 0.0329. The number of cyclic esters (lactones) is 1. The lowest BCUT2D eigenvalue weighted by atomic mass is 10.0. The van der Waals surface area contributed by atoms with Gasteiger partial charge in [-0.2, -0.15) is 0 Å². The minimum Gasteiger partial charge on any atom is -0.462 e. The average Bonchev–Trinajstić information content (AvgIpc) is 3.76. The Morgan fingerprint density at radius 3 is 0.850 bits per heavy atom. The van der Waals surface area contributed by atoms with Gasteiger partial charge in [0.25, 0.3) is 5.76 Å². The summed E-state index contributed by atoms with van der Waals surface area (Å²) in [6, 6.07) is 0. The molecule has 0 amide bonds. The predicted molar refractivity (Wildman–Crippen MR) is 331 cm³/mol. The second-order valence-corrected chi connectivity index (χ2v) is 24.1. The highest BCUT2D eigenvalue weighted by atomic mass is 16.7. The van der Waals surface area contributed by atoms with Gasteiger partial charge in [0, 0.05) is 25.7 Å². The Bertz CT molecular complexity index is 1490. The van der Waals surface area contributed by atoms with Crippen molar-refractivity contribution in [2.24, 2.45) is 0 Å². The van der Waals surface area contributed by atoms with Gasteiger partial charge in [-0.25, -0.2) is 4.79 Å². The smallest absolute Gasteiger partial charge is 0.379 e. The molecule has 0 radical (unpaired) electrons. The van der Waals surface area contributed by atoms with Gasteiger partial charge in [-0.05, 0) is 25.7 Å². The van der Waals surface area contributed by atoms with E-state index in [0.717, 1.165) is 77.0 Å². The van der Waals surface area contributed by atoms with E-state index in [1.54, 1.807) is 0 Å². The Morgan fingerprint density at radius 2 is 0.562 bits per heavy atom. The van der Waals surface area contributed by atoms with Crippen LogP contribution in [0.1, 0.15) is 387 Å². The highest BCUT2D eigenvalue weighted by Crippen LogP contribution is 2.31. The summed E-state index contributed by atoms with van der Waals surface area (Å²) in [5.74, 6) is -3.94. The van der Waals surface area contributed by atoms with Crippen molar-refractivity contribution < 1.29 is 47.7 Å². The summed E-state index contributed by atoms with van der Waals surface area (Å²) in [4.78, 5) is 67.4. The Balaban J connectivity index is 2.97. The summed E-state index contributed by atoms with van der Waals surface area (Å²) in [6.07, 6.45) is 59.0. The number of unbranched alkanes of at least 4 members (excludes halogenated alkanes) is 48. The third-order valence-corrected chi connectivity index (χ3v) is 16.3. The van der Waals surface area contributed by atoms with Crippen molar-refractivity contribution in [2.75, 3.05) is 6.61 Å². The molecule has 0 unspecified atom stereocenters.